The first-order chi connectivity index (χ1) is 10.6. The molecule has 5 nitrogen and oxygen atoms in total. The summed E-state index contributed by atoms with van der Waals surface area (Å²) in [6.45, 7) is 4.55. The number of thioether (sulfide) groups is 1. The number of likely N-dealkylation sites (tertiary alicyclic amines) is 1. The van der Waals surface area contributed by atoms with Crippen molar-refractivity contribution in [2.45, 2.75) is 24.6 Å². The van der Waals surface area contributed by atoms with Crippen molar-refractivity contribution in [2.24, 2.45) is 5.92 Å². The molecule has 1 aromatic rings. The molecule has 2 amide bonds. The first-order valence-electron chi connectivity index (χ1n) is 7.76. The first kappa shape index (κ1) is 17.1. The molecule has 1 aliphatic rings. The molecule has 0 aliphatic carbocycles. The highest BCUT2D eigenvalue weighted by molar-refractivity contribution is 7.99. The molecule has 1 saturated heterocycles. The van der Waals surface area contributed by atoms with Crippen molar-refractivity contribution in [3.05, 3.63) is 30.1 Å². The van der Waals surface area contributed by atoms with Gasteiger partial charge in [0.15, 0.2) is 0 Å². The van der Waals surface area contributed by atoms with Gasteiger partial charge in [0.2, 0.25) is 0 Å². The molecule has 0 saturated carbocycles. The van der Waals surface area contributed by atoms with Crippen molar-refractivity contribution in [1.29, 1.82) is 0 Å². The fourth-order valence-electron chi connectivity index (χ4n) is 2.92. The van der Waals surface area contributed by atoms with E-state index in [1.165, 1.54) is 5.56 Å². The van der Waals surface area contributed by atoms with E-state index in [-0.39, 0.29) is 6.03 Å². The van der Waals surface area contributed by atoms with Crippen LogP contribution in [0, 0.1) is 5.92 Å². The smallest absolute Gasteiger partial charge is 0.314 e. The summed E-state index contributed by atoms with van der Waals surface area (Å²) < 4.78 is 0. The maximum atomic E-state index is 11.9. The zero-order chi connectivity index (χ0) is 15.9. The monoisotopic (exact) mass is 322 g/mol. The van der Waals surface area contributed by atoms with E-state index in [1.54, 1.807) is 18.0 Å². The third-order valence-electron chi connectivity index (χ3n) is 4.28. The number of urea groups is 1. The summed E-state index contributed by atoms with van der Waals surface area (Å²) >= 11 is 1.75. The Balaban J connectivity index is 1.85. The van der Waals surface area contributed by atoms with E-state index in [4.69, 9.17) is 0 Å². The van der Waals surface area contributed by atoms with Crippen molar-refractivity contribution in [2.75, 3.05) is 32.9 Å². The van der Waals surface area contributed by atoms with Crippen LogP contribution in [0.2, 0.25) is 0 Å². The lowest BCUT2D eigenvalue weighted by Gasteiger charge is -2.25. The average Bonchev–Trinajstić information content (AvgIpc) is 2.92. The van der Waals surface area contributed by atoms with Gasteiger partial charge in [0.25, 0.3) is 0 Å². The van der Waals surface area contributed by atoms with Crippen molar-refractivity contribution in [3.63, 3.8) is 0 Å². The van der Waals surface area contributed by atoms with E-state index in [1.807, 2.05) is 12.3 Å². The van der Waals surface area contributed by atoms with Gasteiger partial charge < -0.3 is 10.6 Å². The molecule has 1 aliphatic heterocycles. The van der Waals surface area contributed by atoms with Crippen LogP contribution in [-0.4, -0.2) is 54.1 Å². The van der Waals surface area contributed by atoms with Crippen molar-refractivity contribution < 1.29 is 4.79 Å². The summed E-state index contributed by atoms with van der Waals surface area (Å²) in [6.07, 6.45) is 6.88. The molecular weight excluding hydrogens is 296 g/mol. The SMILES string of the molecule is CSC(C)CNC(=O)NC[C@@H]1CCN(C)[C@H]1c1cccnc1. The molecule has 1 unspecified atom stereocenters. The number of aromatic nitrogens is 1. The molecule has 1 fully saturated rings. The van der Waals surface area contributed by atoms with Gasteiger partial charge in [-0.05, 0) is 43.8 Å². The molecule has 22 heavy (non-hydrogen) atoms. The van der Waals surface area contributed by atoms with E-state index in [9.17, 15) is 4.79 Å². The van der Waals surface area contributed by atoms with Crippen LogP contribution in [0.3, 0.4) is 0 Å². The standard InChI is InChI=1S/C16H26N4OS/c1-12(22-3)9-18-16(21)19-11-14-6-8-20(2)15(14)13-5-4-7-17-10-13/h4-5,7,10,12,14-15H,6,8-9,11H2,1-3H3,(H2,18,19,21)/t12?,14-,15-/m0/s1. The molecule has 2 rings (SSSR count). The highest BCUT2D eigenvalue weighted by atomic mass is 32.2. The Morgan fingerprint density at radius 3 is 3.05 bits per heavy atom. The van der Waals surface area contributed by atoms with Crippen LogP contribution in [0.25, 0.3) is 0 Å². The molecule has 0 spiro atoms. The fraction of sp³-hybridized carbons (Fsp3) is 0.625. The second-order valence-corrected chi connectivity index (χ2v) is 7.17. The topological polar surface area (TPSA) is 57.3 Å². The predicted molar refractivity (Wildman–Crippen MR) is 92.1 cm³/mol. The minimum Gasteiger partial charge on any atom is -0.338 e. The number of hydrogen-bond donors (Lipinski definition) is 2. The Labute approximate surface area is 137 Å². The van der Waals surface area contributed by atoms with Gasteiger partial charge in [-0.1, -0.05) is 13.0 Å². The van der Waals surface area contributed by atoms with Gasteiger partial charge in [0, 0.05) is 36.8 Å². The molecule has 3 atom stereocenters. The number of hydrogen-bond acceptors (Lipinski definition) is 4. The Morgan fingerprint density at radius 1 is 1.55 bits per heavy atom. The summed E-state index contributed by atoms with van der Waals surface area (Å²) in [5.74, 6) is 0.429. The van der Waals surface area contributed by atoms with Crippen LogP contribution in [0.4, 0.5) is 4.79 Å². The Morgan fingerprint density at radius 2 is 2.36 bits per heavy atom. The van der Waals surface area contributed by atoms with E-state index >= 15 is 0 Å². The van der Waals surface area contributed by atoms with Gasteiger partial charge in [0.1, 0.15) is 0 Å². The Hall–Kier alpha value is -1.27. The number of rotatable bonds is 6. The van der Waals surface area contributed by atoms with E-state index < -0.39 is 0 Å². The maximum absolute atomic E-state index is 11.9. The Bertz CT molecular complexity index is 470. The highest BCUT2D eigenvalue weighted by Crippen LogP contribution is 2.35. The number of amides is 2. The largest absolute Gasteiger partial charge is 0.338 e. The van der Waals surface area contributed by atoms with Gasteiger partial charge in [-0.15, -0.1) is 0 Å². The molecule has 6 heteroatoms. The summed E-state index contributed by atoms with van der Waals surface area (Å²) in [5, 5.41) is 6.38. The molecule has 1 aromatic heterocycles. The maximum Gasteiger partial charge on any atom is 0.314 e. The van der Waals surface area contributed by atoms with E-state index in [0.29, 0.717) is 30.3 Å². The van der Waals surface area contributed by atoms with E-state index in [0.717, 1.165) is 13.0 Å². The second kappa shape index (κ2) is 8.39. The summed E-state index contributed by atoms with van der Waals surface area (Å²) in [5.41, 5.74) is 1.23. The lowest BCUT2D eigenvalue weighted by Crippen LogP contribution is -2.41. The number of carbonyl (C=O) groups is 1. The van der Waals surface area contributed by atoms with Gasteiger partial charge >= 0.3 is 6.03 Å². The Kier molecular flexibility index (Phi) is 6.51. The molecule has 2 heterocycles. The predicted octanol–water partition coefficient (Wildman–Crippen LogP) is 2.13. The van der Waals surface area contributed by atoms with Crippen LogP contribution < -0.4 is 10.6 Å². The summed E-state index contributed by atoms with van der Waals surface area (Å²) in [4.78, 5) is 18.5. The van der Waals surface area contributed by atoms with Crippen molar-refractivity contribution >= 4 is 17.8 Å². The van der Waals surface area contributed by atoms with Crippen LogP contribution in [0.1, 0.15) is 24.9 Å². The first-order valence-corrected chi connectivity index (χ1v) is 9.05. The van der Waals surface area contributed by atoms with Crippen molar-refractivity contribution in [1.82, 2.24) is 20.5 Å². The normalized spacial score (nSPS) is 23.2. The zero-order valence-electron chi connectivity index (χ0n) is 13.6. The lowest BCUT2D eigenvalue weighted by atomic mass is 9.95. The van der Waals surface area contributed by atoms with Gasteiger partial charge in [-0.3, -0.25) is 9.88 Å². The minimum atomic E-state index is -0.0691. The van der Waals surface area contributed by atoms with E-state index in [2.05, 4.69) is 46.8 Å². The molecule has 2 N–H and O–H groups in total. The number of carbonyl (C=O) groups excluding carboxylic acids is 1. The summed E-state index contributed by atoms with van der Waals surface area (Å²) in [7, 11) is 2.14. The average molecular weight is 322 g/mol. The van der Waals surface area contributed by atoms with Crippen LogP contribution in [-0.2, 0) is 0 Å². The number of pyridine rings is 1. The second-order valence-electron chi connectivity index (χ2n) is 5.90. The van der Waals surface area contributed by atoms with Crippen molar-refractivity contribution in [3.8, 4) is 0 Å². The molecular formula is C16H26N4OS. The molecule has 0 aromatic carbocycles. The highest BCUT2D eigenvalue weighted by Gasteiger charge is 2.33. The fourth-order valence-corrected chi connectivity index (χ4v) is 3.17. The summed E-state index contributed by atoms with van der Waals surface area (Å²) in [6, 6.07) is 4.36. The van der Waals surface area contributed by atoms with Crippen LogP contribution >= 0.6 is 11.8 Å². The lowest BCUT2D eigenvalue weighted by molar-refractivity contribution is 0.234. The van der Waals surface area contributed by atoms with Gasteiger partial charge in [-0.25, -0.2) is 4.79 Å². The van der Waals surface area contributed by atoms with Crippen LogP contribution in [0.15, 0.2) is 24.5 Å². The number of nitrogens with zero attached hydrogens (tertiary/aromatic N) is 2. The molecule has 0 bridgehead atoms. The van der Waals surface area contributed by atoms with Crippen LogP contribution in [0.5, 0.6) is 0 Å². The quantitative estimate of drug-likeness (QED) is 0.842. The number of nitrogens with one attached hydrogen (secondary N) is 2. The zero-order valence-corrected chi connectivity index (χ0v) is 14.4. The van der Waals surface area contributed by atoms with Gasteiger partial charge in [-0.2, -0.15) is 11.8 Å². The molecule has 122 valence electrons. The minimum absolute atomic E-state index is 0.0691. The third kappa shape index (κ3) is 4.61. The third-order valence-corrected chi connectivity index (χ3v) is 5.25. The van der Waals surface area contributed by atoms with Gasteiger partial charge in [0.05, 0.1) is 0 Å². The molecule has 0 radical (unpaired) electrons.